The van der Waals surface area contributed by atoms with Crippen molar-refractivity contribution in [2.45, 2.75) is 51.6 Å². The molecule has 0 aliphatic heterocycles. The molecule has 1 fully saturated rings. The SMILES string of the molecule is C[C@@H](C1CCCCC1)N(C)Cc1cc2ccccc2[nH]1. The lowest BCUT2D eigenvalue weighted by atomic mass is 9.84. The van der Waals surface area contributed by atoms with Crippen molar-refractivity contribution in [3.63, 3.8) is 0 Å². The Morgan fingerprint density at radius 3 is 2.70 bits per heavy atom. The Balaban J connectivity index is 1.66. The second-order valence-electron chi connectivity index (χ2n) is 6.44. The van der Waals surface area contributed by atoms with Gasteiger partial charge < -0.3 is 4.98 Å². The minimum absolute atomic E-state index is 0.682. The Morgan fingerprint density at radius 1 is 1.20 bits per heavy atom. The average Bonchev–Trinajstić information content (AvgIpc) is 2.89. The van der Waals surface area contributed by atoms with Gasteiger partial charge in [-0.3, -0.25) is 4.90 Å². The lowest BCUT2D eigenvalue weighted by molar-refractivity contribution is 0.150. The van der Waals surface area contributed by atoms with Crippen LogP contribution in [-0.2, 0) is 6.54 Å². The van der Waals surface area contributed by atoms with Gasteiger partial charge >= 0.3 is 0 Å². The van der Waals surface area contributed by atoms with E-state index in [4.69, 9.17) is 0 Å². The van der Waals surface area contributed by atoms with Crippen molar-refractivity contribution in [2.24, 2.45) is 5.92 Å². The molecule has 0 amide bonds. The predicted molar refractivity (Wildman–Crippen MR) is 85.8 cm³/mol. The van der Waals surface area contributed by atoms with Gasteiger partial charge in [0.25, 0.3) is 0 Å². The van der Waals surface area contributed by atoms with E-state index in [1.165, 1.54) is 48.7 Å². The number of nitrogens with zero attached hydrogens (tertiary/aromatic N) is 1. The van der Waals surface area contributed by atoms with Gasteiger partial charge in [-0.2, -0.15) is 0 Å². The van der Waals surface area contributed by atoms with Crippen LogP contribution in [0.1, 0.15) is 44.7 Å². The molecule has 1 aliphatic carbocycles. The van der Waals surface area contributed by atoms with Gasteiger partial charge in [0.05, 0.1) is 0 Å². The third kappa shape index (κ3) is 2.90. The molecule has 1 atom stereocenters. The third-order valence-electron chi connectivity index (χ3n) is 5.03. The minimum atomic E-state index is 0.682. The fourth-order valence-electron chi connectivity index (χ4n) is 3.61. The molecule has 2 aromatic rings. The molecule has 0 bridgehead atoms. The molecule has 108 valence electrons. The quantitative estimate of drug-likeness (QED) is 0.862. The smallest absolute Gasteiger partial charge is 0.0456 e. The number of aromatic amines is 1. The highest BCUT2D eigenvalue weighted by atomic mass is 15.1. The predicted octanol–water partition coefficient (Wildman–Crippen LogP) is 4.57. The number of H-pyrrole nitrogens is 1. The van der Waals surface area contributed by atoms with E-state index in [2.05, 4.69) is 54.2 Å². The summed E-state index contributed by atoms with van der Waals surface area (Å²) < 4.78 is 0. The van der Waals surface area contributed by atoms with Crippen LogP contribution in [-0.4, -0.2) is 23.0 Å². The Bertz CT molecular complexity index is 518. The maximum atomic E-state index is 3.54. The molecule has 3 rings (SSSR count). The van der Waals surface area contributed by atoms with Gasteiger partial charge in [0, 0.05) is 23.8 Å². The number of nitrogens with one attached hydrogen (secondary N) is 1. The summed E-state index contributed by atoms with van der Waals surface area (Å²) >= 11 is 0. The summed E-state index contributed by atoms with van der Waals surface area (Å²) in [6.45, 7) is 3.42. The number of hydrogen-bond donors (Lipinski definition) is 1. The molecule has 0 radical (unpaired) electrons. The fourth-order valence-corrected chi connectivity index (χ4v) is 3.61. The highest BCUT2D eigenvalue weighted by Crippen LogP contribution is 2.29. The maximum Gasteiger partial charge on any atom is 0.0456 e. The Morgan fingerprint density at radius 2 is 1.95 bits per heavy atom. The van der Waals surface area contributed by atoms with Crippen molar-refractivity contribution in [1.29, 1.82) is 0 Å². The summed E-state index contributed by atoms with van der Waals surface area (Å²) in [5, 5.41) is 1.32. The monoisotopic (exact) mass is 270 g/mol. The number of aromatic nitrogens is 1. The molecule has 20 heavy (non-hydrogen) atoms. The van der Waals surface area contributed by atoms with Gasteiger partial charge in [-0.15, -0.1) is 0 Å². The summed E-state index contributed by atoms with van der Waals surface area (Å²) in [6, 6.07) is 11.5. The van der Waals surface area contributed by atoms with Crippen LogP contribution < -0.4 is 0 Å². The molecule has 0 spiro atoms. The van der Waals surface area contributed by atoms with E-state index in [1.54, 1.807) is 0 Å². The van der Waals surface area contributed by atoms with Gasteiger partial charge in [-0.25, -0.2) is 0 Å². The number of benzene rings is 1. The largest absolute Gasteiger partial charge is 0.357 e. The van der Waals surface area contributed by atoms with Crippen LogP contribution in [0.5, 0.6) is 0 Å². The molecular weight excluding hydrogens is 244 g/mol. The third-order valence-corrected chi connectivity index (χ3v) is 5.03. The molecule has 1 aromatic heterocycles. The van der Waals surface area contributed by atoms with Gasteiger partial charge in [-0.05, 0) is 50.2 Å². The summed E-state index contributed by atoms with van der Waals surface area (Å²) in [7, 11) is 2.27. The van der Waals surface area contributed by atoms with Gasteiger partial charge in [0.1, 0.15) is 0 Å². The summed E-state index contributed by atoms with van der Waals surface area (Å²) in [4.78, 5) is 6.06. The Labute approximate surface area is 122 Å². The highest BCUT2D eigenvalue weighted by molar-refractivity contribution is 5.80. The first kappa shape index (κ1) is 13.7. The van der Waals surface area contributed by atoms with Gasteiger partial charge in [0.15, 0.2) is 0 Å². The molecular formula is C18H26N2. The first-order chi connectivity index (χ1) is 9.74. The zero-order valence-corrected chi connectivity index (χ0v) is 12.7. The Kier molecular flexibility index (Phi) is 4.11. The number of rotatable bonds is 4. The number of fused-ring (bicyclic) bond motifs is 1. The topological polar surface area (TPSA) is 19.0 Å². The summed E-state index contributed by atoms with van der Waals surface area (Å²) in [5.74, 6) is 0.887. The van der Waals surface area contributed by atoms with Crippen LogP contribution in [0.15, 0.2) is 30.3 Å². The molecule has 0 saturated heterocycles. The second kappa shape index (κ2) is 6.01. The van der Waals surface area contributed by atoms with Crippen LogP contribution in [0.4, 0.5) is 0 Å². The van der Waals surface area contributed by atoms with Gasteiger partial charge in [0.2, 0.25) is 0 Å². The van der Waals surface area contributed by atoms with Crippen molar-refractivity contribution < 1.29 is 0 Å². The molecule has 0 unspecified atom stereocenters. The van der Waals surface area contributed by atoms with Crippen LogP contribution in [0.3, 0.4) is 0 Å². The minimum Gasteiger partial charge on any atom is -0.357 e. The van der Waals surface area contributed by atoms with E-state index < -0.39 is 0 Å². The van der Waals surface area contributed by atoms with Crippen molar-refractivity contribution in [1.82, 2.24) is 9.88 Å². The standard InChI is InChI=1S/C18H26N2/c1-14(15-8-4-3-5-9-15)20(2)13-17-12-16-10-6-7-11-18(16)19-17/h6-7,10-12,14-15,19H,3-5,8-9,13H2,1-2H3/t14-/m0/s1. The molecule has 1 aromatic carbocycles. The van der Waals surface area contributed by atoms with E-state index in [-0.39, 0.29) is 0 Å². The molecule has 1 N–H and O–H groups in total. The number of para-hydroxylation sites is 1. The summed E-state index contributed by atoms with van der Waals surface area (Å²) in [6.07, 6.45) is 7.12. The van der Waals surface area contributed by atoms with E-state index in [9.17, 15) is 0 Å². The normalized spacial score (nSPS) is 18.8. The van der Waals surface area contributed by atoms with E-state index in [1.807, 2.05) is 0 Å². The first-order valence-corrected chi connectivity index (χ1v) is 8.01. The summed E-state index contributed by atoms with van der Waals surface area (Å²) in [5.41, 5.74) is 2.58. The number of hydrogen-bond acceptors (Lipinski definition) is 1. The molecule has 1 saturated carbocycles. The highest BCUT2D eigenvalue weighted by Gasteiger charge is 2.23. The van der Waals surface area contributed by atoms with E-state index in [0.29, 0.717) is 6.04 Å². The van der Waals surface area contributed by atoms with Gasteiger partial charge in [-0.1, -0.05) is 37.5 Å². The zero-order valence-electron chi connectivity index (χ0n) is 12.7. The van der Waals surface area contributed by atoms with Crippen molar-refractivity contribution in [3.05, 3.63) is 36.0 Å². The molecule has 2 heteroatoms. The molecule has 2 nitrogen and oxygen atoms in total. The van der Waals surface area contributed by atoms with Crippen LogP contribution in [0.2, 0.25) is 0 Å². The van der Waals surface area contributed by atoms with Crippen molar-refractivity contribution in [3.8, 4) is 0 Å². The van der Waals surface area contributed by atoms with Crippen LogP contribution in [0.25, 0.3) is 10.9 Å². The van der Waals surface area contributed by atoms with Crippen LogP contribution in [0, 0.1) is 5.92 Å². The second-order valence-corrected chi connectivity index (χ2v) is 6.44. The van der Waals surface area contributed by atoms with E-state index >= 15 is 0 Å². The first-order valence-electron chi connectivity index (χ1n) is 8.01. The van der Waals surface area contributed by atoms with Crippen molar-refractivity contribution >= 4 is 10.9 Å². The van der Waals surface area contributed by atoms with Crippen LogP contribution >= 0.6 is 0 Å². The lowest BCUT2D eigenvalue weighted by Gasteiger charge is -2.34. The van der Waals surface area contributed by atoms with E-state index in [0.717, 1.165) is 12.5 Å². The maximum absolute atomic E-state index is 3.54. The fraction of sp³-hybridized carbons (Fsp3) is 0.556. The molecule has 1 aliphatic rings. The lowest BCUT2D eigenvalue weighted by Crippen LogP contribution is -2.36. The average molecular weight is 270 g/mol. The zero-order chi connectivity index (χ0) is 13.9. The van der Waals surface area contributed by atoms with Crippen molar-refractivity contribution in [2.75, 3.05) is 7.05 Å². The molecule has 1 heterocycles. The Hall–Kier alpha value is -1.28.